The molecule has 0 aromatic heterocycles. The molecule has 0 aliphatic heterocycles. The Morgan fingerprint density at radius 2 is 0.459 bits per heavy atom. The summed E-state index contributed by atoms with van der Waals surface area (Å²) >= 11 is 0. The third kappa shape index (κ3) is 19.3. The number of carbonyl (C=O) groups is 18. The third-order valence-electron chi connectivity index (χ3n) is 8.88. The summed E-state index contributed by atoms with van der Waals surface area (Å²) in [4.78, 5) is 221. The maximum Gasteiger partial charge on any atom is 0.349 e. The summed E-state index contributed by atoms with van der Waals surface area (Å²) in [7, 11) is 0. The van der Waals surface area contributed by atoms with E-state index < -0.39 is 218 Å². The molecule has 4 atom stereocenters. The maximum absolute atomic E-state index is 13.7. The third-order valence-corrected chi connectivity index (χ3v) is 8.88. The molecular formula is C36H38O38. The molecule has 0 aliphatic carbocycles. The Hall–Kier alpha value is -9.62. The van der Waals surface area contributed by atoms with Crippen LogP contribution >= 0.6 is 0 Å². The van der Waals surface area contributed by atoms with Crippen molar-refractivity contribution in [1.82, 2.24) is 0 Å². The van der Waals surface area contributed by atoms with Gasteiger partial charge in [-0.05, 0) is 0 Å². The number of hydrogen-bond donors (Lipinski definition) is 14. The fraction of sp³-hybridized carbons (Fsp3) is 0.500. The topological polar surface area (TPSA) is 646 Å². The van der Waals surface area contributed by atoms with Crippen molar-refractivity contribution < 1.29 is 186 Å². The van der Waals surface area contributed by atoms with Crippen LogP contribution in [0.5, 0.6) is 0 Å². The zero-order chi connectivity index (χ0) is 58.0. The van der Waals surface area contributed by atoms with Crippen LogP contribution in [-0.4, -0.2) is 226 Å². The Morgan fingerprint density at radius 1 is 0.284 bits per heavy atom. The highest BCUT2D eigenvalue weighted by molar-refractivity contribution is 5.96. The molecule has 0 bridgehead atoms. The summed E-state index contributed by atoms with van der Waals surface area (Å²) in [6.07, 6.45) is -35.4. The van der Waals surface area contributed by atoms with Crippen molar-refractivity contribution in [2.45, 2.75) is 111 Å². The van der Waals surface area contributed by atoms with Crippen molar-refractivity contribution in [2.75, 3.05) is 0 Å². The lowest BCUT2D eigenvalue weighted by molar-refractivity contribution is -0.214. The van der Waals surface area contributed by atoms with Crippen molar-refractivity contribution >= 4 is 107 Å². The molecule has 0 rings (SSSR count). The van der Waals surface area contributed by atoms with Gasteiger partial charge in [-0.1, -0.05) is 0 Å². The van der Waals surface area contributed by atoms with Gasteiger partial charge in [-0.3, -0.25) is 47.9 Å². The standard InChI is InChI=1S/C36H38O38/c37-13(38)3-33(29(61)62,4-14(39)40)71-21(53)1-11(27(59)73-35(31(65)66,7-17(45)46)8-18(47)48)69-23(25(55)56)24(26(57)58)70-12(28(60)74-36(32(67)68,9-19(49)50)10-20(51)52)2-22(54)72-34(30(63)64,5-15(41)42)6-16(43)44/h11-12,23-24H,1-10H2,(H,37,38)(H,39,40)(H,41,42)(H,43,44)(H,45,46)(H,47,48)(H,49,50)(H,51,52)(H,55,56)(H,57,58)(H,61,62)(H,63,64)(H,65,66)(H,67,68). The molecule has 14 N–H and O–H groups in total. The van der Waals surface area contributed by atoms with Gasteiger partial charge >= 0.3 is 107 Å². The molecule has 0 aromatic rings. The van der Waals surface area contributed by atoms with Gasteiger partial charge in [0.2, 0.25) is 22.4 Å². The molecule has 0 saturated heterocycles. The van der Waals surface area contributed by atoms with Gasteiger partial charge in [-0.2, -0.15) is 0 Å². The number of carbonyl (C=O) groups excluding carboxylic acids is 4. The first-order valence-corrected chi connectivity index (χ1v) is 19.0. The van der Waals surface area contributed by atoms with Crippen LogP contribution in [0.4, 0.5) is 0 Å². The molecule has 0 saturated carbocycles. The largest absolute Gasteiger partial charge is 0.481 e. The molecule has 410 valence electrons. The molecular weight excluding hydrogens is 1040 g/mol. The first kappa shape index (κ1) is 64.4. The van der Waals surface area contributed by atoms with Gasteiger partial charge < -0.3 is 99.9 Å². The molecule has 0 aliphatic rings. The number of carboxylic acids is 14. The minimum atomic E-state index is -3.87. The maximum atomic E-state index is 13.7. The van der Waals surface area contributed by atoms with Crippen molar-refractivity contribution in [1.29, 1.82) is 0 Å². The average molecular weight is 1080 g/mol. The number of carboxylic acid groups (broad SMARTS) is 14. The van der Waals surface area contributed by atoms with E-state index in [0.717, 1.165) is 0 Å². The van der Waals surface area contributed by atoms with Crippen molar-refractivity contribution in [3.05, 3.63) is 0 Å². The molecule has 0 amide bonds. The van der Waals surface area contributed by atoms with E-state index >= 15 is 0 Å². The van der Waals surface area contributed by atoms with Gasteiger partial charge in [0, 0.05) is 0 Å². The van der Waals surface area contributed by atoms with Gasteiger partial charge in [-0.25, -0.2) is 38.4 Å². The van der Waals surface area contributed by atoms with Crippen LogP contribution < -0.4 is 0 Å². The summed E-state index contributed by atoms with van der Waals surface area (Å²) in [6.45, 7) is 0. The van der Waals surface area contributed by atoms with E-state index in [0.29, 0.717) is 0 Å². The van der Waals surface area contributed by atoms with E-state index in [-0.39, 0.29) is 0 Å². The Kier molecular flexibility index (Phi) is 23.1. The SMILES string of the molecule is O=C(O)CC(CC(=O)O)(OC(=O)CC(OC(C(=O)O)C(OC(CC(=O)OC(CC(=O)O)(CC(=O)O)C(=O)O)C(=O)OC(CC(=O)O)(CC(=O)O)C(=O)O)C(=O)O)C(=O)OC(CC(=O)O)(CC(=O)O)C(=O)O)C(=O)O. The van der Waals surface area contributed by atoms with Crippen LogP contribution in [0.1, 0.15) is 64.2 Å². The predicted octanol–water partition coefficient (Wildman–Crippen LogP) is -5.29. The highest BCUT2D eigenvalue weighted by Gasteiger charge is 2.54. The van der Waals surface area contributed by atoms with Gasteiger partial charge in [-0.15, -0.1) is 0 Å². The second-order valence-corrected chi connectivity index (χ2v) is 14.7. The number of esters is 4. The first-order chi connectivity index (χ1) is 33.7. The smallest absolute Gasteiger partial charge is 0.349 e. The summed E-state index contributed by atoms with van der Waals surface area (Å²) in [5.41, 5.74) is -15.2. The van der Waals surface area contributed by atoms with E-state index in [9.17, 15) is 158 Å². The minimum Gasteiger partial charge on any atom is -0.481 e. The molecule has 0 aromatic carbocycles. The predicted molar refractivity (Wildman–Crippen MR) is 206 cm³/mol. The Balaban J connectivity index is 8.37. The minimum absolute atomic E-state index is 1.97. The fourth-order valence-electron chi connectivity index (χ4n) is 5.86. The fourth-order valence-corrected chi connectivity index (χ4v) is 5.86. The molecule has 0 fully saturated rings. The molecule has 38 nitrogen and oxygen atoms in total. The molecule has 0 radical (unpaired) electrons. The van der Waals surface area contributed by atoms with Gasteiger partial charge in [0.15, 0.2) is 24.4 Å². The highest BCUT2D eigenvalue weighted by atomic mass is 16.6. The molecule has 4 unspecified atom stereocenters. The van der Waals surface area contributed by atoms with Crippen LogP contribution in [0.3, 0.4) is 0 Å². The van der Waals surface area contributed by atoms with E-state index in [4.69, 9.17) is 9.47 Å². The number of hydrogen-bond acceptors (Lipinski definition) is 24. The van der Waals surface area contributed by atoms with Crippen molar-refractivity contribution in [3.63, 3.8) is 0 Å². The van der Waals surface area contributed by atoms with Crippen LogP contribution in [0, 0.1) is 0 Å². The van der Waals surface area contributed by atoms with Gasteiger partial charge in [0.1, 0.15) is 0 Å². The van der Waals surface area contributed by atoms with E-state index in [1.54, 1.807) is 0 Å². The van der Waals surface area contributed by atoms with Gasteiger partial charge in [0.25, 0.3) is 0 Å². The lowest BCUT2D eigenvalue weighted by Crippen LogP contribution is -2.54. The quantitative estimate of drug-likeness (QED) is 0.0204. The second-order valence-electron chi connectivity index (χ2n) is 14.7. The van der Waals surface area contributed by atoms with E-state index in [2.05, 4.69) is 18.9 Å². The molecule has 0 spiro atoms. The second kappa shape index (κ2) is 26.6. The Labute approximate surface area is 404 Å². The van der Waals surface area contributed by atoms with Crippen LogP contribution in [0.25, 0.3) is 0 Å². The zero-order valence-electron chi connectivity index (χ0n) is 36.4. The van der Waals surface area contributed by atoms with Crippen molar-refractivity contribution in [3.8, 4) is 0 Å². The lowest BCUT2D eigenvalue weighted by atomic mass is 9.94. The first-order valence-electron chi connectivity index (χ1n) is 19.0. The van der Waals surface area contributed by atoms with E-state index in [1.807, 2.05) is 0 Å². The highest BCUT2D eigenvalue weighted by Crippen LogP contribution is 2.30. The normalized spacial score (nSPS) is 13.1. The number of rotatable bonds is 37. The summed E-state index contributed by atoms with van der Waals surface area (Å²) in [5.74, 6) is -44.8. The Bertz CT molecular complexity index is 2110. The lowest BCUT2D eigenvalue weighted by Gasteiger charge is -2.32. The summed E-state index contributed by atoms with van der Waals surface area (Å²) in [6, 6.07) is 0. The van der Waals surface area contributed by atoms with E-state index in [1.165, 1.54) is 0 Å². The molecule has 74 heavy (non-hydrogen) atoms. The van der Waals surface area contributed by atoms with Crippen LogP contribution in [0.15, 0.2) is 0 Å². The van der Waals surface area contributed by atoms with Crippen LogP contribution in [-0.2, 0) is 115 Å². The Morgan fingerprint density at radius 3 is 0.608 bits per heavy atom. The van der Waals surface area contributed by atoms with Gasteiger partial charge in [0.05, 0.1) is 64.2 Å². The van der Waals surface area contributed by atoms with Crippen LogP contribution in [0.2, 0.25) is 0 Å². The van der Waals surface area contributed by atoms with Crippen molar-refractivity contribution in [2.24, 2.45) is 0 Å². The molecule has 38 heteroatoms. The monoisotopic (exact) mass is 1080 g/mol. The summed E-state index contributed by atoms with van der Waals surface area (Å²) in [5, 5.41) is 134. The molecule has 0 heterocycles. The number of aliphatic carboxylic acids is 14. The zero-order valence-corrected chi connectivity index (χ0v) is 36.4. The average Bonchev–Trinajstić information content (AvgIpc) is 3.18. The number of ether oxygens (including phenoxy) is 6. The summed E-state index contributed by atoms with van der Waals surface area (Å²) < 4.78 is 27.6.